The highest BCUT2D eigenvalue weighted by molar-refractivity contribution is 9.10. The molecule has 0 atom stereocenters. The molecule has 1 rings (SSSR count). The van der Waals surface area contributed by atoms with E-state index in [1.54, 1.807) is 6.07 Å². The summed E-state index contributed by atoms with van der Waals surface area (Å²) in [6.07, 6.45) is 0. The lowest BCUT2D eigenvalue weighted by molar-refractivity contribution is 1.39. The van der Waals surface area contributed by atoms with E-state index in [0.717, 1.165) is 10.0 Å². The van der Waals surface area contributed by atoms with Crippen LogP contribution in [0.4, 0.5) is 0 Å². The summed E-state index contributed by atoms with van der Waals surface area (Å²) in [5.41, 5.74) is 0.879. The highest BCUT2D eigenvalue weighted by Gasteiger charge is 2.03. The van der Waals surface area contributed by atoms with Crippen LogP contribution in [0, 0.1) is 0 Å². The van der Waals surface area contributed by atoms with Gasteiger partial charge in [-0.1, -0.05) is 23.2 Å². The van der Waals surface area contributed by atoms with Crippen molar-refractivity contribution < 1.29 is 0 Å². The lowest BCUT2D eigenvalue weighted by Gasteiger charge is -2.01. The third-order valence-corrected chi connectivity index (χ3v) is 3.07. The van der Waals surface area contributed by atoms with Crippen molar-refractivity contribution in [3.05, 3.63) is 32.2 Å². The molecule has 0 spiro atoms. The van der Waals surface area contributed by atoms with Gasteiger partial charge in [0.15, 0.2) is 0 Å². The molecular formula is C7H4BrCl3. The van der Waals surface area contributed by atoms with Gasteiger partial charge >= 0.3 is 0 Å². The molecule has 1 aromatic rings. The number of rotatable bonds is 1. The van der Waals surface area contributed by atoms with Gasteiger partial charge in [0, 0.05) is 15.4 Å². The average molecular weight is 274 g/mol. The van der Waals surface area contributed by atoms with Gasteiger partial charge in [0.05, 0.1) is 5.02 Å². The van der Waals surface area contributed by atoms with Crippen molar-refractivity contribution in [3.63, 3.8) is 0 Å². The highest BCUT2D eigenvalue weighted by atomic mass is 79.9. The summed E-state index contributed by atoms with van der Waals surface area (Å²) >= 11 is 20.5. The summed E-state index contributed by atoms with van der Waals surface area (Å²) in [5.74, 6) is 0.397. The van der Waals surface area contributed by atoms with Gasteiger partial charge in [-0.15, -0.1) is 11.6 Å². The summed E-state index contributed by atoms with van der Waals surface area (Å²) in [6.45, 7) is 0. The van der Waals surface area contributed by atoms with Gasteiger partial charge < -0.3 is 0 Å². The summed E-state index contributed by atoms with van der Waals surface area (Å²) in [6, 6.07) is 3.49. The molecule has 0 saturated heterocycles. The molecule has 0 unspecified atom stereocenters. The van der Waals surface area contributed by atoms with Gasteiger partial charge in [0.2, 0.25) is 0 Å². The molecule has 0 amide bonds. The second kappa shape index (κ2) is 3.99. The summed E-state index contributed by atoms with van der Waals surface area (Å²) in [7, 11) is 0. The Hall–Kier alpha value is 0.570. The van der Waals surface area contributed by atoms with Gasteiger partial charge in [-0.2, -0.15) is 0 Å². The molecule has 1 aromatic carbocycles. The molecule has 4 heteroatoms. The van der Waals surface area contributed by atoms with E-state index in [0.29, 0.717) is 15.9 Å². The highest BCUT2D eigenvalue weighted by Crippen LogP contribution is 2.29. The third kappa shape index (κ3) is 2.25. The van der Waals surface area contributed by atoms with Crippen molar-refractivity contribution in [2.45, 2.75) is 5.88 Å². The molecule has 0 nitrogen and oxygen atoms in total. The first-order valence-electron chi connectivity index (χ1n) is 2.84. The van der Waals surface area contributed by atoms with E-state index in [4.69, 9.17) is 34.8 Å². The fraction of sp³-hybridized carbons (Fsp3) is 0.143. The molecule has 0 heterocycles. The lowest BCUT2D eigenvalue weighted by Crippen LogP contribution is -1.80. The Balaban J connectivity index is 3.21. The minimum Gasteiger partial charge on any atom is -0.121 e. The normalized spacial score (nSPS) is 10.2. The standard InChI is InChI=1S/C7H4BrCl3/c8-5-1-4(3-9)6(10)2-7(5)11/h1-2H,3H2. The van der Waals surface area contributed by atoms with Crippen LogP contribution in [-0.4, -0.2) is 0 Å². The third-order valence-electron chi connectivity index (χ3n) is 1.23. The second-order valence-electron chi connectivity index (χ2n) is 1.99. The van der Waals surface area contributed by atoms with Crippen LogP contribution in [0.15, 0.2) is 16.6 Å². The number of benzene rings is 1. The number of halogens is 4. The molecule has 0 saturated carbocycles. The molecule has 0 aliphatic carbocycles. The monoisotopic (exact) mass is 272 g/mol. The fourth-order valence-electron chi connectivity index (χ4n) is 0.666. The van der Waals surface area contributed by atoms with E-state index < -0.39 is 0 Å². The Morgan fingerprint density at radius 1 is 1.18 bits per heavy atom. The molecule has 0 bridgehead atoms. The van der Waals surface area contributed by atoms with Crippen LogP contribution in [0.3, 0.4) is 0 Å². The van der Waals surface area contributed by atoms with Crippen molar-refractivity contribution in [1.29, 1.82) is 0 Å². The Bertz CT molecular complexity index is 273. The van der Waals surface area contributed by atoms with Crippen LogP contribution < -0.4 is 0 Å². The van der Waals surface area contributed by atoms with E-state index in [1.165, 1.54) is 0 Å². The smallest absolute Gasteiger partial charge is 0.0563 e. The van der Waals surface area contributed by atoms with Gasteiger partial charge in [-0.25, -0.2) is 0 Å². The zero-order valence-electron chi connectivity index (χ0n) is 5.37. The second-order valence-corrected chi connectivity index (χ2v) is 3.93. The van der Waals surface area contributed by atoms with Gasteiger partial charge in [0.25, 0.3) is 0 Å². The Kier molecular flexibility index (Phi) is 3.51. The van der Waals surface area contributed by atoms with Crippen molar-refractivity contribution in [2.24, 2.45) is 0 Å². The van der Waals surface area contributed by atoms with E-state index >= 15 is 0 Å². The number of alkyl halides is 1. The molecule has 0 aromatic heterocycles. The molecular weight excluding hydrogens is 270 g/mol. The van der Waals surface area contributed by atoms with Gasteiger partial charge in [0.1, 0.15) is 0 Å². The zero-order chi connectivity index (χ0) is 8.43. The van der Waals surface area contributed by atoms with Crippen molar-refractivity contribution >= 4 is 50.7 Å². The van der Waals surface area contributed by atoms with Crippen LogP contribution >= 0.6 is 50.7 Å². The van der Waals surface area contributed by atoms with Crippen LogP contribution in [0.2, 0.25) is 10.0 Å². The maximum Gasteiger partial charge on any atom is 0.0563 e. The number of hydrogen-bond acceptors (Lipinski definition) is 0. The van der Waals surface area contributed by atoms with Crippen LogP contribution in [0.1, 0.15) is 5.56 Å². The Morgan fingerprint density at radius 3 is 2.36 bits per heavy atom. The van der Waals surface area contributed by atoms with Crippen LogP contribution in [0.5, 0.6) is 0 Å². The van der Waals surface area contributed by atoms with Crippen molar-refractivity contribution in [3.8, 4) is 0 Å². The van der Waals surface area contributed by atoms with Crippen LogP contribution in [0.25, 0.3) is 0 Å². The summed E-state index contributed by atoms with van der Waals surface area (Å²) in [5, 5.41) is 1.21. The Labute approximate surface area is 88.6 Å². The fourth-order valence-corrected chi connectivity index (χ4v) is 1.80. The molecule has 0 N–H and O–H groups in total. The largest absolute Gasteiger partial charge is 0.121 e. The zero-order valence-corrected chi connectivity index (χ0v) is 9.23. The first-order valence-corrected chi connectivity index (χ1v) is 4.93. The van der Waals surface area contributed by atoms with E-state index in [-0.39, 0.29) is 0 Å². The quantitative estimate of drug-likeness (QED) is 0.522. The number of hydrogen-bond donors (Lipinski definition) is 0. The van der Waals surface area contributed by atoms with Gasteiger partial charge in [-0.05, 0) is 33.6 Å². The summed E-state index contributed by atoms with van der Waals surface area (Å²) in [4.78, 5) is 0. The van der Waals surface area contributed by atoms with Crippen molar-refractivity contribution in [1.82, 2.24) is 0 Å². The van der Waals surface area contributed by atoms with E-state index in [9.17, 15) is 0 Å². The molecule has 0 radical (unpaired) electrons. The predicted molar refractivity (Wildman–Crippen MR) is 53.7 cm³/mol. The topological polar surface area (TPSA) is 0 Å². The first kappa shape index (κ1) is 9.66. The minimum absolute atomic E-state index is 0.397. The molecule has 60 valence electrons. The molecule has 11 heavy (non-hydrogen) atoms. The first-order chi connectivity index (χ1) is 5.15. The summed E-state index contributed by atoms with van der Waals surface area (Å²) < 4.78 is 0.819. The van der Waals surface area contributed by atoms with Crippen molar-refractivity contribution in [2.75, 3.05) is 0 Å². The predicted octanol–water partition coefficient (Wildman–Crippen LogP) is 4.49. The minimum atomic E-state index is 0.397. The molecule has 0 aliphatic heterocycles. The maximum absolute atomic E-state index is 5.81. The maximum atomic E-state index is 5.81. The van der Waals surface area contributed by atoms with Gasteiger partial charge in [-0.3, -0.25) is 0 Å². The van der Waals surface area contributed by atoms with E-state index in [1.807, 2.05) is 6.07 Å². The Morgan fingerprint density at radius 2 is 1.82 bits per heavy atom. The SMILES string of the molecule is ClCc1cc(Br)c(Cl)cc1Cl. The van der Waals surface area contributed by atoms with Crippen LogP contribution in [-0.2, 0) is 5.88 Å². The molecule has 0 fully saturated rings. The van der Waals surface area contributed by atoms with E-state index in [2.05, 4.69) is 15.9 Å². The molecule has 0 aliphatic rings. The average Bonchev–Trinajstić information content (AvgIpc) is 1.97. The lowest BCUT2D eigenvalue weighted by atomic mass is 10.2.